The number of carbonyl (C=O) groups is 1. The first-order chi connectivity index (χ1) is 14.6. The Morgan fingerprint density at radius 3 is 2.80 bits per heavy atom. The molecule has 1 unspecified atom stereocenters. The van der Waals surface area contributed by atoms with Crippen LogP contribution in [0, 0.1) is 0 Å². The van der Waals surface area contributed by atoms with Crippen LogP contribution in [0.2, 0.25) is 0 Å². The van der Waals surface area contributed by atoms with Crippen molar-refractivity contribution in [1.29, 1.82) is 0 Å². The Labute approximate surface area is 176 Å². The predicted octanol–water partition coefficient (Wildman–Crippen LogP) is 5.13. The molecule has 3 N–H and O–H groups in total. The number of benzene rings is 2. The second-order valence-corrected chi connectivity index (χ2v) is 8.08. The summed E-state index contributed by atoms with van der Waals surface area (Å²) in [5.41, 5.74) is 3.48. The van der Waals surface area contributed by atoms with Crippen molar-refractivity contribution >= 4 is 17.1 Å². The lowest BCUT2D eigenvalue weighted by atomic mass is 9.90. The number of unbranched alkanes of at least 4 members (excludes halogenated alkanes) is 1. The van der Waals surface area contributed by atoms with Gasteiger partial charge in [0.05, 0.1) is 0 Å². The van der Waals surface area contributed by atoms with Crippen molar-refractivity contribution in [2.75, 3.05) is 19.6 Å². The number of aromatic hydroxyl groups is 1. The Bertz CT molecular complexity index is 996. The normalized spacial score (nSPS) is 17.3. The average molecular weight is 408 g/mol. The molecule has 1 fully saturated rings. The minimum absolute atomic E-state index is 0.328. The highest BCUT2D eigenvalue weighted by atomic mass is 16.7. The molecule has 0 amide bonds. The van der Waals surface area contributed by atoms with Gasteiger partial charge in [-0.05, 0) is 86.5 Å². The first-order valence-corrected chi connectivity index (χ1v) is 10.6. The van der Waals surface area contributed by atoms with Crippen LogP contribution in [0.15, 0.2) is 48.7 Å². The molecule has 0 bridgehead atoms. The molecule has 6 heteroatoms. The fourth-order valence-corrected chi connectivity index (χ4v) is 4.46. The molecule has 0 spiro atoms. The molecule has 1 aliphatic heterocycles. The summed E-state index contributed by atoms with van der Waals surface area (Å²) < 4.78 is 4.72. The minimum Gasteiger partial charge on any atom is -0.508 e. The molecule has 2 aromatic carbocycles. The van der Waals surface area contributed by atoms with Gasteiger partial charge in [-0.25, -0.2) is 4.79 Å². The summed E-state index contributed by atoms with van der Waals surface area (Å²) in [6.45, 7) is 3.35. The Hall–Kier alpha value is -2.99. The highest BCUT2D eigenvalue weighted by molar-refractivity contribution is 5.85. The summed E-state index contributed by atoms with van der Waals surface area (Å²) in [6.07, 6.45) is 6.40. The zero-order valence-corrected chi connectivity index (χ0v) is 17.0. The van der Waals surface area contributed by atoms with Crippen LogP contribution in [0.4, 0.5) is 4.79 Å². The number of carboxylic acid groups (broad SMARTS) is 1. The number of piperidine rings is 1. The molecule has 1 saturated heterocycles. The van der Waals surface area contributed by atoms with Crippen LogP contribution in [0.25, 0.3) is 10.9 Å². The number of phenols is 1. The maximum atomic E-state index is 10.7. The van der Waals surface area contributed by atoms with Crippen molar-refractivity contribution in [3.05, 3.63) is 59.8 Å². The Morgan fingerprint density at radius 2 is 2.00 bits per heavy atom. The molecule has 0 aliphatic carbocycles. The van der Waals surface area contributed by atoms with E-state index in [4.69, 9.17) is 9.84 Å². The molecule has 6 nitrogen and oxygen atoms in total. The van der Waals surface area contributed by atoms with E-state index in [0.29, 0.717) is 17.4 Å². The van der Waals surface area contributed by atoms with Crippen LogP contribution >= 0.6 is 0 Å². The highest BCUT2D eigenvalue weighted by Gasteiger charge is 2.21. The Balaban J connectivity index is 1.26. The number of nitrogens with one attached hydrogen (secondary N) is 1. The molecule has 0 saturated carbocycles. The summed E-state index contributed by atoms with van der Waals surface area (Å²) in [7, 11) is 0. The topological polar surface area (TPSA) is 85.8 Å². The largest absolute Gasteiger partial charge is 0.511 e. The Morgan fingerprint density at radius 1 is 1.17 bits per heavy atom. The number of aromatic amines is 1. The lowest BCUT2D eigenvalue weighted by molar-refractivity contribution is 0.144. The number of H-pyrrole nitrogens is 1. The maximum absolute atomic E-state index is 10.7. The molecule has 1 aromatic heterocycles. The van der Waals surface area contributed by atoms with Gasteiger partial charge in [-0.1, -0.05) is 12.1 Å². The van der Waals surface area contributed by atoms with Crippen LogP contribution in [-0.2, 0) is 6.42 Å². The number of hydrogen-bond acceptors (Lipinski definition) is 4. The van der Waals surface area contributed by atoms with Crippen molar-refractivity contribution in [1.82, 2.24) is 9.88 Å². The summed E-state index contributed by atoms with van der Waals surface area (Å²) in [5, 5.41) is 19.4. The summed E-state index contributed by atoms with van der Waals surface area (Å²) in [5.74, 6) is 1.21. The van der Waals surface area contributed by atoms with Crippen LogP contribution in [0.1, 0.15) is 42.7 Å². The number of aromatic nitrogens is 1. The van der Waals surface area contributed by atoms with E-state index in [1.165, 1.54) is 24.0 Å². The number of likely N-dealkylation sites (tertiary alicyclic amines) is 1. The number of nitrogens with zero attached hydrogens (tertiary/aromatic N) is 1. The molecule has 158 valence electrons. The van der Waals surface area contributed by atoms with Crippen LogP contribution in [0.3, 0.4) is 0 Å². The summed E-state index contributed by atoms with van der Waals surface area (Å²) >= 11 is 0. The molecule has 1 atom stereocenters. The molecule has 0 radical (unpaired) electrons. The first kappa shape index (κ1) is 20.3. The van der Waals surface area contributed by atoms with E-state index in [9.17, 15) is 9.90 Å². The maximum Gasteiger partial charge on any atom is 0.511 e. The number of aryl methyl sites for hydroxylation is 1. The SMILES string of the molecule is O=C(O)Oc1ccc2c(CCCCN3CCCC(c4ccc(O)cc4)C3)c[nH]c2c1. The minimum atomic E-state index is -1.30. The van der Waals surface area contributed by atoms with Gasteiger partial charge in [-0.15, -0.1) is 0 Å². The van der Waals surface area contributed by atoms with Gasteiger partial charge in [0.1, 0.15) is 11.5 Å². The third-order valence-electron chi connectivity index (χ3n) is 5.98. The van der Waals surface area contributed by atoms with E-state index in [1.807, 2.05) is 24.4 Å². The molecule has 4 rings (SSSR count). The fraction of sp³-hybridized carbons (Fsp3) is 0.375. The van der Waals surface area contributed by atoms with Crippen LogP contribution in [-0.4, -0.2) is 45.9 Å². The van der Waals surface area contributed by atoms with Gasteiger partial charge < -0.3 is 24.8 Å². The van der Waals surface area contributed by atoms with E-state index < -0.39 is 6.16 Å². The van der Waals surface area contributed by atoms with Gasteiger partial charge in [0.2, 0.25) is 0 Å². The van der Waals surface area contributed by atoms with E-state index in [2.05, 4.69) is 9.88 Å². The molecule has 3 aromatic rings. The third-order valence-corrected chi connectivity index (χ3v) is 5.98. The first-order valence-electron chi connectivity index (χ1n) is 10.6. The standard InChI is InChI=1S/C24H28N2O4/c27-20-8-6-17(7-9-20)19-5-3-13-26(16-19)12-2-1-4-18-15-25-23-14-21(30-24(28)29)10-11-22(18)23/h6-11,14-15,19,25,27H,1-5,12-13,16H2,(H,28,29). The van der Waals surface area contributed by atoms with Gasteiger partial charge in [-0.3, -0.25) is 0 Å². The fourth-order valence-electron chi connectivity index (χ4n) is 4.46. The number of hydrogen-bond donors (Lipinski definition) is 3. The van der Waals surface area contributed by atoms with E-state index >= 15 is 0 Å². The van der Waals surface area contributed by atoms with E-state index in [0.717, 1.165) is 49.8 Å². The van der Waals surface area contributed by atoms with Crippen LogP contribution < -0.4 is 4.74 Å². The van der Waals surface area contributed by atoms with Gasteiger partial charge in [0.15, 0.2) is 0 Å². The van der Waals surface area contributed by atoms with Gasteiger partial charge in [0, 0.05) is 29.7 Å². The zero-order valence-electron chi connectivity index (χ0n) is 17.0. The highest BCUT2D eigenvalue weighted by Crippen LogP contribution is 2.28. The molecule has 2 heterocycles. The zero-order chi connectivity index (χ0) is 20.9. The number of fused-ring (bicyclic) bond motifs is 1. The third kappa shape index (κ3) is 4.94. The van der Waals surface area contributed by atoms with E-state index in [1.54, 1.807) is 24.3 Å². The van der Waals surface area contributed by atoms with Gasteiger partial charge >= 0.3 is 6.16 Å². The lowest BCUT2D eigenvalue weighted by Gasteiger charge is -2.33. The van der Waals surface area contributed by atoms with E-state index in [-0.39, 0.29) is 0 Å². The second-order valence-electron chi connectivity index (χ2n) is 8.08. The molecule has 30 heavy (non-hydrogen) atoms. The van der Waals surface area contributed by atoms with Crippen molar-refractivity contribution in [2.45, 2.75) is 38.0 Å². The second kappa shape index (κ2) is 9.22. The van der Waals surface area contributed by atoms with Crippen molar-refractivity contribution in [3.63, 3.8) is 0 Å². The van der Waals surface area contributed by atoms with Gasteiger partial charge in [0.25, 0.3) is 0 Å². The summed E-state index contributed by atoms with van der Waals surface area (Å²) in [6, 6.07) is 13.0. The smallest absolute Gasteiger partial charge is 0.508 e. The monoisotopic (exact) mass is 408 g/mol. The lowest BCUT2D eigenvalue weighted by Crippen LogP contribution is -2.35. The number of rotatable bonds is 7. The van der Waals surface area contributed by atoms with Crippen LogP contribution in [0.5, 0.6) is 11.5 Å². The van der Waals surface area contributed by atoms with Crippen molar-refractivity contribution in [3.8, 4) is 11.5 Å². The summed E-state index contributed by atoms with van der Waals surface area (Å²) in [4.78, 5) is 16.5. The molecule has 1 aliphatic rings. The quantitative estimate of drug-likeness (QED) is 0.287. The van der Waals surface area contributed by atoms with Crippen molar-refractivity contribution in [2.24, 2.45) is 0 Å². The Kier molecular flexibility index (Phi) is 6.23. The predicted molar refractivity (Wildman–Crippen MR) is 116 cm³/mol. The number of ether oxygens (including phenoxy) is 1. The molecular weight excluding hydrogens is 380 g/mol. The van der Waals surface area contributed by atoms with Crippen molar-refractivity contribution < 1.29 is 19.7 Å². The molecular formula is C24H28N2O4. The van der Waals surface area contributed by atoms with Gasteiger partial charge in [-0.2, -0.15) is 0 Å². The average Bonchev–Trinajstić information content (AvgIpc) is 3.14. The number of phenolic OH excluding ortho intramolecular Hbond substituents is 1.